The summed E-state index contributed by atoms with van der Waals surface area (Å²) < 4.78 is 18.6. The van der Waals surface area contributed by atoms with Gasteiger partial charge in [0.1, 0.15) is 11.5 Å². The van der Waals surface area contributed by atoms with Gasteiger partial charge < -0.3 is 15.0 Å². The maximum atomic E-state index is 13.2. The predicted molar refractivity (Wildman–Crippen MR) is 74.3 cm³/mol. The Kier molecular flexibility index (Phi) is 3.22. The van der Waals surface area contributed by atoms with Crippen LogP contribution < -0.4 is 5.32 Å². The van der Waals surface area contributed by atoms with E-state index < -0.39 is 0 Å². The van der Waals surface area contributed by atoms with Crippen LogP contribution in [-0.2, 0) is 4.74 Å². The molecule has 2 N–H and O–H groups in total. The molecule has 2 unspecified atom stereocenters. The zero-order valence-corrected chi connectivity index (χ0v) is 11.5. The van der Waals surface area contributed by atoms with Crippen molar-refractivity contribution in [3.63, 3.8) is 0 Å². The summed E-state index contributed by atoms with van der Waals surface area (Å²) in [5.74, 6) is -0.481. The first-order valence-corrected chi connectivity index (χ1v) is 6.75. The second-order valence-electron chi connectivity index (χ2n) is 5.36. The molecule has 3 rings (SSSR count). The van der Waals surface area contributed by atoms with Gasteiger partial charge in [-0.25, -0.2) is 4.39 Å². The number of fused-ring (bicyclic) bond motifs is 1. The number of hydrogen-bond donors (Lipinski definition) is 2. The van der Waals surface area contributed by atoms with Crippen LogP contribution in [0.5, 0.6) is 0 Å². The number of amides is 1. The lowest BCUT2D eigenvalue weighted by atomic mass is 10.1. The molecule has 20 heavy (non-hydrogen) atoms. The molecule has 0 saturated carbocycles. The summed E-state index contributed by atoms with van der Waals surface area (Å²) in [6.45, 7) is 4.39. The maximum Gasteiger partial charge on any atom is 0.268 e. The van der Waals surface area contributed by atoms with Gasteiger partial charge in [-0.1, -0.05) is 0 Å². The Balaban J connectivity index is 1.86. The van der Waals surface area contributed by atoms with Crippen LogP contribution in [0.15, 0.2) is 18.2 Å². The molecular weight excluding hydrogens is 259 g/mol. The molecule has 1 aliphatic rings. The van der Waals surface area contributed by atoms with Crippen LogP contribution in [0.3, 0.4) is 0 Å². The minimum absolute atomic E-state index is 0.0417. The fraction of sp³-hybridized carbons (Fsp3) is 0.400. The summed E-state index contributed by atoms with van der Waals surface area (Å²) >= 11 is 0. The van der Waals surface area contributed by atoms with Crippen molar-refractivity contribution in [1.29, 1.82) is 0 Å². The highest BCUT2D eigenvalue weighted by atomic mass is 19.1. The number of carbonyl (C=O) groups is 1. The van der Waals surface area contributed by atoms with Crippen molar-refractivity contribution in [2.75, 3.05) is 6.61 Å². The van der Waals surface area contributed by atoms with Crippen LogP contribution in [-0.4, -0.2) is 29.6 Å². The number of rotatable bonds is 2. The number of aromatic amines is 1. The van der Waals surface area contributed by atoms with Crippen molar-refractivity contribution < 1.29 is 13.9 Å². The van der Waals surface area contributed by atoms with E-state index in [9.17, 15) is 9.18 Å². The molecule has 1 aliphatic heterocycles. The number of carbonyl (C=O) groups excluding carboxylic acids is 1. The van der Waals surface area contributed by atoms with Crippen LogP contribution in [0.1, 0.15) is 29.4 Å². The lowest BCUT2D eigenvalue weighted by Gasteiger charge is -2.10. The van der Waals surface area contributed by atoms with Crippen LogP contribution >= 0.6 is 0 Å². The highest BCUT2D eigenvalue weighted by Crippen LogP contribution is 2.23. The Bertz CT molecular complexity index is 665. The van der Waals surface area contributed by atoms with Crippen molar-refractivity contribution in [1.82, 2.24) is 10.3 Å². The molecule has 2 heterocycles. The van der Waals surface area contributed by atoms with E-state index >= 15 is 0 Å². The fourth-order valence-electron chi connectivity index (χ4n) is 2.71. The topological polar surface area (TPSA) is 54.1 Å². The monoisotopic (exact) mass is 276 g/mol. The number of aryl methyl sites for hydroxylation is 1. The molecule has 0 aliphatic carbocycles. The van der Waals surface area contributed by atoms with Gasteiger partial charge in [-0.3, -0.25) is 4.79 Å². The zero-order chi connectivity index (χ0) is 14.3. The summed E-state index contributed by atoms with van der Waals surface area (Å²) in [7, 11) is 0. The second-order valence-corrected chi connectivity index (χ2v) is 5.36. The van der Waals surface area contributed by atoms with Gasteiger partial charge in [0.15, 0.2) is 0 Å². The molecule has 1 aromatic heterocycles. The number of ether oxygens (including phenoxy) is 1. The maximum absolute atomic E-state index is 13.2. The fourth-order valence-corrected chi connectivity index (χ4v) is 2.71. The molecule has 1 saturated heterocycles. The third kappa shape index (κ3) is 2.29. The van der Waals surface area contributed by atoms with Gasteiger partial charge in [-0.15, -0.1) is 0 Å². The minimum Gasteiger partial charge on any atom is -0.376 e. The Labute approximate surface area is 116 Å². The molecular formula is C15H17FN2O2. The van der Waals surface area contributed by atoms with Crippen LogP contribution in [0, 0.1) is 12.7 Å². The largest absolute Gasteiger partial charge is 0.376 e. The third-order valence-corrected chi connectivity index (χ3v) is 3.78. The molecule has 106 valence electrons. The third-order valence-electron chi connectivity index (χ3n) is 3.78. The smallest absolute Gasteiger partial charge is 0.268 e. The number of H-pyrrole nitrogens is 1. The van der Waals surface area contributed by atoms with Crippen LogP contribution in [0.25, 0.3) is 10.9 Å². The van der Waals surface area contributed by atoms with Crippen molar-refractivity contribution in [2.45, 2.75) is 32.4 Å². The van der Waals surface area contributed by atoms with E-state index in [0.29, 0.717) is 17.8 Å². The minimum atomic E-state index is -0.316. The van der Waals surface area contributed by atoms with Crippen LogP contribution in [0.4, 0.5) is 4.39 Å². The molecule has 0 spiro atoms. The Morgan fingerprint density at radius 2 is 2.30 bits per heavy atom. The highest BCUT2D eigenvalue weighted by molar-refractivity contribution is 6.01. The normalized spacial score (nSPS) is 22.4. The van der Waals surface area contributed by atoms with Crippen molar-refractivity contribution >= 4 is 16.8 Å². The average molecular weight is 276 g/mol. The Morgan fingerprint density at radius 1 is 1.50 bits per heavy atom. The Hall–Kier alpha value is -1.88. The van der Waals surface area contributed by atoms with Gasteiger partial charge in [0.05, 0.1) is 18.8 Å². The second kappa shape index (κ2) is 4.90. The predicted octanol–water partition coefficient (Wildman–Crippen LogP) is 2.52. The van der Waals surface area contributed by atoms with Crippen LogP contribution in [0.2, 0.25) is 0 Å². The van der Waals surface area contributed by atoms with Gasteiger partial charge in [-0.2, -0.15) is 0 Å². The van der Waals surface area contributed by atoms with Gasteiger partial charge >= 0.3 is 0 Å². The van der Waals surface area contributed by atoms with E-state index in [1.807, 2.05) is 13.8 Å². The zero-order valence-electron chi connectivity index (χ0n) is 11.5. The number of benzene rings is 1. The SMILES string of the molecule is Cc1c(C(=O)NC2COC(C)C2)[nH]c2cc(F)ccc12. The van der Waals surface area contributed by atoms with E-state index in [4.69, 9.17) is 4.74 Å². The van der Waals surface area contributed by atoms with E-state index in [0.717, 1.165) is 17.4 Å². The molecule has 0 bridgehead atoms. The van der Waals surface area contributed by atoms with E-state index in [1.54, 1.807) is 6.07 Å². The summed E-state index contributed by atoms with van der Waals surface area (Å²) in [4.78, 5) is 15.3. The van der Waals surface area contributed by atoms with Crippen molar-refractivity contribution in [3.05, 3.63) is 35.3 Å². The summed E-state index contributed by atoms with van der Waals surface area (Å²) in [5, 5.41) is 3.82. The molecule has 0 radical (unpaired) electrons. The van der Waals surface area contributed by atoms with E-state index in [2.05, 4.69) is 10.3 Å². The number of nitrogens with one attached hydrogen (secondary N) is 2. The summed E-state index contributed by atoms with van der Waals surface area (Å²) in [6.07, 6.45) is 0.998. The molecule has 1 fully saturated rings. The quantitative estimate of drug-likeness (QED) is 0.885. The lowest BCUT2D eigenvalue weighted by Crippen LogP contribution is -2.35. The van der Waals surface area contributed by atoms with Gasteiger partial charge in [0, 0.05) is 10.9 Å². The van der Waals surface area contributed by atoms with Crippen molar-refractivity contribution in [3.8, 4) is 0 Å². The summed E-state index contributed by atoms with van der Waals surface area (Å²) in [5.41, 5.74) is 1.97. The first-order valence-electron chi connectivity index (χ1n) is 6.75. The van der Waals surface area contributed by atoms with Crippen molar-refractivity contribution in [2.24, 2.45) is 0 Å². The molecule has 2 aromatic rings. The number of aromatic nitrogens is 1. The molecule has 1 amide bonds. The van der Waals surface area contributed by atoms with Gasteiger partial charge in [0.2, 0.25) is 0 Å². The Morgan fingerprint density at radius 3 is 3.00 bits per heavy atom. The summed E-state index contributed by atoms with van der Waals surface area (Å²) in [6, 6.07) is 4.53. The first kappa shape index (κ1) is 13.1. The number of halogens is 1. The first-order chi connectivity index (χ1) is 9.54. The lowest BCUT2D eigenvalue weighted by molar-refractivity contribution is 0.0914. The molecule has 4 nitrogen and oxygen atoms in total. The molecule has 5 heteroatoms. The van der Waals surface area contributed by atoms with Gasteiger partial charge in [-0.05, 0) is 44.0 Å². The molecule has 1 aromatic carbocycles. The molecule has 2 atom stereocenters. The van der Waals surface area contributed by atoms with E-state index in [-0.39, 0.29) is 23.9 Å². The van der Waals surface area contributed by atoms with Gasteiger partial charge in [0.25, 0.3) is 5.91 Å². The standard InChI is InChI=1S/C15H17FN2O2/c1-8-5-11(7-20-8)17-15(19)14-9(2)12-4-3-10(16)6-13(12)18-14/h3-4,6,8,11,18H,5,7H2,1-2H3,(H,17,19). The highest BCUT2D eigenvalue weighted by Gasteiger charge is 2.25. The number of hydrogen-bond acceptors (Lipinski definition) is 2. The van der Waals surface area contributed by atoms with E-state index in [1.165, 1.54) is 12.1 Å². The average Bonchev–Trinajstić information content (AvgIpc) is 2.94.